The van der Waals surface area contributed by atoms with Crippen LogP contribution in [0.1, 0.15) is 25.0 Å². The van der Waals surface area contributed by atoms with Crippen LogP contribution in [0.3, 0.4) is 0 Å². The van der Waals surface area contributed by atoms with Crippen molar-refractivity contribution in [3.05, 3.63) is 41.1 Å². The van der Waals surface area contributed by atoms with E-state index in [9.17, 15) is 0 Å². The summed E-state index contributed by atoms with van der Waals surface area (Å²) < 4.78 is 0. The maximum Gasteiger partial charge on any atom is 0.00847 e. The molecule has 1 aromatic rings. The van der Waals surface area contributed by atoms with Crippen LogP contribution in [-0.4, -0.2) is 0 Å². The average molecular weight is 161 g/mol. The monoisotopic (exact) mass is 161 g/mol. The van der Waals surface area contributed by atoms with Gasteiger partial charge in [0.15, 0.2) is 0 Å². The molecule has 0 spiro atoms. The zero-order chi connectivity index (χ0) is 9.14. The summed E-state index contributed by atoms with van der Waals surface area (Å²) in [7, 11) is 0. The highest BCUT2D eigenvalue weighted by atomic mass is 14.6. The second kappa shape index (κ2) is 3.44. The van der Waals surface area contributed by atoms with Crippen LogP contribution in [-0.2, 0) is 0 Å². The third kappa shape index (κ3) is 1.67. The molecule has 0 unspecified atom stereocenters. The fraction of sp³-hybridized carbons (Fsp3) is 0.273. The van der Waals surface area contributed by atoms with Gasteiger partial charge in [0.05, 0.1) is 0 Å². The number of allylic oxidation sites excluding steroid dienone is 2. The van der Waals surface area contributed by atoms with E-state index in [1.807, 2.05) is 19.1 Å². The molecule has 1 rings (SSSR count). The van der Waals surface area contributed by atoms with Gasteiger partial charge in [0, 0.05) is 5.70 Å². The van der Waals surface area contributed by atoms with Gasteiger partial charge >= 0.3 is 0 Å². The lowest BCUT2D eigenvalue weighted by molar-refractivity contribution is 1.28. The van der Waals surface area contributed by atoms with Gasteiger partial charge in [-0.2, -0.15) is 0 Å². The molecule has 12 heavy (non-hydrogen) atoms. The number of nitrogens with two attached hydrogens (primary N) is 1. The number of hydrogen-bond donors (Lipinski definition) is 1. The molecule has 2 N–H and O–H groups in total. The minimum atomic E-state index is 0.893. The Bertz CT molecular complexity index is 307. The van der Waals surface area contributed by atoms with Gasteiger partial charge in [-0.05, 0) is 37.5 Å². The lowest BCUT2D eigenvalue weighted by Crippen LogP contribution is -1.96. The minimum Gasteiger partial charge on any atom is -0.402 e. The first-order chi connectivity index (χ1) is 5.63. The maximum atomic E-state index is 5.72. The van der Waals surface area contributed by atoms with Crippen molar-refractivity contribution >= 4 is 5.57 Å². The van der Waals surface area contributed by atoms with Gasteiger partial charge in [0.25, 0.3) is 0 Å². The zero-order valence-corrected chi connectivity index (χ0v) is 7.89. The Balaban J connectivity index is 3.21. The summed E-state index contributed by atoms with van der Waals surface area (Å²) in [5, 5.41) is 0. The van der Waals surface area contributed by atoms with E-state index in [1.165, 1.54) is 16.7 Å². The highest BCUT2D eigenvalue weighted by molar-refractivity contribution is 5.68. The second-order valence-electron chi connectivity index (χ2n) is 3.12. The van der Waals surface area contributed by atoms with E-state index in [4.69, 9.17) is 5.73 Å². The molecular weight excluding hydrogens is 146 g/mol. The first-order valence-electron chi connectivity index (χ1n) is 4.12. The molecule has 0 radical (unpaired) electrons. The summed E-state index contributed by atoms with van der Waals surface area (Å²) in [6.07, 6.45) is 0. The summed E-state index contributed by atoms with van der Waals surface area (Å²) >= 11 is 0. The van der Waals surface area contributed by atoms with Gasteiger partial charge < -0.3 is 5.73 Å². The summed E-state index contributed by atoms with van der Waals surface area (Å²) in [5.41, 5.74) is 10.3. The van der Waals surface area contributed by atoms with Crippen LogP contribution < -0.4 is 5.73 Å². The first-order valence-corrected chi connectivity index (χ1v) is 4.12. The molecule has 0 aliphatic heterocycles. The van der Waals surface area contributed by atoms with E-state index in [-0.39, 0.29) is 0 Å². The van der Waals surface area contributed by atoms with Crippen molar-refractivity contribution in [2.45, 2.75) is 20.8 Å². The molecule has 1 aromatic carbocycles. The van der Waals surface area contributed by atoms with E-state index in [0.29, 0.717) is 0 Å². The third-order valence-corrected chi connectivity index (χ3v) is 2.14. The molecule has 0 bridgehead atoms. The first kappa shape index (κ1) is 8.85. The molecular formula is C11H15N. The fourth-order valence-corrected chi connectivity index (χ4v) is 1.21. The maximum absolute atomic E-state index is 5.72. The van der Waals surface area contributed by atoms with Gasteiger partial charge in [-0.25, -0.2) is 0 Å². The standard InChI is InChI=1S/C11H15N/c1-8-6-4-5-7-11(8)9(2)10(3)12/h4-7H,12H2,1-3H3. The van der Waals surface area contributed by atoms with Gasteiger partial charge in [-0.3, -0.25) is 0 Å². The normalized spacial score (nSPS) is 12.6. The largest absolute Gasteiger partial charge is 0.402 e. The van der Waals surface area contributed by atoms with E-state index in [2.05, 4.69) is 26.0 Å². The van der Waals surface area contributed by atoms with Crippen molar-refractivity contribution < 1.29 is 0 Å². The van der Waals surface area contributed by atoms with Crippen LogP contribution in [0.4, 0.5) is 0 Å². The highest BCUT2D eigenvalue weighted by Gasteiger charge is 1.99. The molecule has 64 valence electrons. The summed E-state index contributed by atoms with van der Waals surface area (Å²) in [6.45, 7) is 6.08. The van der Waals surface area contributed by atoms with E-state index in [1.54, 1.807) is 0 Å². The Hall–Kier alpha value is -1.24. The van der Waals surface area contributed by atoms with Gasteiger partial charge in [-0.15, -0.1) is 0 Å². The zero-order valence-electron chi connectivity index (χ0n) is 7.89. The topological polar surface area (TPSA) is 26.0 Å². The summed E-state index contributed by atoms with van der Waals surface area (Å²) in [6, 6.07) is 8.27. The summed E-state index contributed by atoms with van der Waals surface area (Å²) in [4.78, 5) is 0. The molecule has 0 heterocycles. The molecule has 0 aliphatic carbocycles. The van der Waals surface area contributed by atoms with Crippen LogP contribution in [0.2, 0.25) is 0 Å². The van der Waals surface area contributed by atoms with Crippen molar-refractivity contribution in [3.63, 3.8) is 0 Å². The van der Waals surface area contributed by atoms with E-state index in [0.717, 1.165) is 5.70 Å². The Morgan fingerprint density at radius 3 is 2.25 bits per heavy atom. The van der Waals surface area contributed by atoms with Crippen molar-refractivity contribution in [1.29, 1.82) is 0 Å². The predicted molar refractivity (Wildman–Crippen MR) is 53.6 cm³/mol. The van der Waals surface area contributed by atoms with Gasteiger partial charge in [0.2, 0.25) is 0 Å². The SMILES string of the molecule is CC(N)=C(C)c1ccccc1C. The number of aryl methyl sites for hydroxylation is 1. The fourth-order valence-electron chi connectivity index (χ4n) is 1.21. The van der Waals surface area contributed by atoms with Crippen molar-refractivity contribution in [3.8, 4) is 0 Å². The van der Waals surface area contributed by atoms with E-state index < -0.39 is 0 Å². The van der Waals surface area contributed by atoms with Crippen molar-refractivity contribution in [2.24, 2.45) is 5.73 Å². The molecule has 0 saturated carbocycles. The molecule has 1 heteroatoms. The Kier molecular flexibility index (Phi) is 2.54. The average Bonchev–Trinajstić information content (AvgIpc) is 2.04. The molecule has 0 aliphatic rings. The predicted octanol–water partition coefficient (Wildman–Crippen LogP) is 2.70. The summed E-state index contributed by atoms with van der Waals surface area (Å²) in [5.74, 6) is 0. The van der Waals surface area contributed by atoms with Crippen molar-refractivity contribution in [1.82, 2.24) is 0 Å². The highest BCUT2D eigenvalue weighted by Crippen LogP contribution is 2.18. The molecule has 0 fully saturated rings. The smallest absolute Gasteiger partial charge is 0.00847 e. The third-order valence-electron chi connectivity index (χ3n) is 2.14. The minimum absolute atomic E-state index is 0.893. The molecule has 1 nitrogen and oxygen atoms in total. The second-order valence-corrected chi connectivity index (χ2v) is 3.12. The number of benzene rings is 1. The lowest BCUT2D eigenvalue weighted by Gasteiger charge is -2.06. The number of hydrogen-bond acceptors (Lipinski definition) is 1. The molecule has 0 saturated heterocycles. The van der Waals surface area contributed by atoms with Crippen LogP contribution in [0.25, 0.3) is 5.57 Å². The van der Waals surface area contributed by atoms with Crippen molar-refractivity contribution in [2.75, 3.05) is 0 Å². The van der Waals surface area contributed by atoms with Gasteiger partial charge in [0.1, 0.15) is 0 Å². The number of rotatable bonds is 1. The van der Waals surface area contributed by atoms with Crippen LogP contribution in [0.15, 0.2) is 30.0 Å². The van der Waals surface area contributed by atoms with Crippen LogP contribution >= 0.6 is 0 Å². The Morgan fingerprint density at radius 1 is 1.17 bits per heavy atom. The molecule has 0 atom stereocenters. The van der Waals surface area contributed by atoms with Crippen LogP contribution in [0.5, 0.6) is 0 Å². The quantitative estimate of drug-likeness (QED) is 0.673. The van der Waals surface area contributed by atoms with E-state index >= 15 is 0 Å². The Morgan fingerprint density at radius 2 is 1.75 bits per heavy atom. The van der Waals surface area contributed by atoms with Crippen LogP contribution in [0, 0.1) is 6.92 Å². The molecule has 0 amide bonds. The Labute approximate surface area is 73.9 Å². The lowest BCUT2D eigenvalue weighted by atomic mass is 10.0. The molecule has 0 aromatic heterocycles. The van der Waals surface area contributed by atoms with Gasteiger partial charge in [-0.1, -0.05) is 24.3 Å².